The third-order valence-electron chi connectivity index (χ3n) is 5.05. The molecule has 0 saturated heterocycles. The molecule has 0 radical (unpaired) electrons. The molecule has 0 bridgehead atoms. The third-order valence-corrected chi connectivity index (χ3v) is 6.78. The van der Waals surface area contributed by atoms with E-state index in [-0.39, 0.29) is 22.1 Å². The van der Waals surface area contributed by atoms with Crippen LogP contribution in [-0.4, -0.2) is 27.5 Å². The molecule has 11 heteroatoms. The Morgan fingerprint density at radius 3 is 2.37 bits per heavy atom. The Balaban J connectivity index is 1.98. The van der Waals surface area contributed by atoms with E-state index in [2.05, 4.69) is 10.0 Å². The van der Waals surface area contributed by atoms with E-state index in [1.54, 1.807) is 43.3 Å². The van der Waals surface area contributed by atoms with Gasteiger partial charge < -0.3 is 10.1 Å². The van der Waals surface area contributed by atoms with Crippen molar-refractivity contribution in [2.45, 2.75) is 30.5 Å². The molecule has 0 unspecified atom stereocenters. The second-order valence-corrected chi connectivity index (χ2v) is 9.81. The minimum Gasteiger partial charge on any atom is -0.495 e. The Morgan fingerprint density at radius 1 is 1.06 bits per heavy atom. The van der Waals surface area contributed by atoms with Crippen LogP contribution in [0.5, 0.6) is 5.75 Å². The molecule has 3 rings (SSSR count). The van der Waals surface area contributed by atoms with E-state index in [4.69, 9.17) is 16.3 Å². The first-order valence-corrected chi connectivity index (χ1v) is 12.2. The molecule has 1 atom stereocenters. The van der Waals surface area contributed by atoms with Gasteiger partial charge in [0.05, 0.1) is 18.4 Å². The molecule has 0 aromatic heterocycles. The average molecular weight is 527 g/mol. The van der Waals surface area contributed by atoms with E-state index in [1.807, 2.05) is 0 Å². The number of methoxy groups -OCH3 is 1. The van der Waals surface area contributed by atoms with Gasteiger partial charge in [-0.2, -0.15) is 17.9 Å². The fourth-order valence-electron chi connectivity index (χ4n) is 3.36. The van der Waals surface area contributed by atoms with E-state index >= 15 is 0 Å². The lowest BCUT2D eigenvalue weighted by Gasteiger charge is -2.21. The molecule has 0 heterocycles. The van der Waals surface area contributed by atoms with Crippen molar-refractivity contribution in [3.05, 3.63) is 88.4 Å². The topological polar surface area (TPSA) is 84.5 Å². The van der Waals surface area contributed by atoms with E-state index in [0.29, 0.717) is 17.2 Å². The summed E-state index contributed by atoms with van der Waals surface area (Å²) in [5.41, 5.74) is -0.470. The number of amides is 1. The summed E-state index contributed by atoms with van der Waals surface area (Å²) in [6, 6.07) is 14.4. The van der Waals surface area contributed by atoms with Gasteiger partial charge in [-0.1, -0.05) is 48.0 Å². The first-order valence-electron chi connectivity index (χ1n) is 10.3. The standard InChI is InChI=1S/C24H22ClF3N2O4S/c1-15-8-11-21(34-2)22(12-15)35(32,33)30-20(13-16-6-4-3-5-7-16)23(31)29-19-10-9-17(25)14-18(19)24(26,27)28/h3-12,14,20,30H,13H2,1-2H3,(H,29,31)/t20-/m0/s1. The molecule has 0 aliphatic carbocycles. The Morgan fingerprint density at radius 2 is 1.74 bits per heavy atom. The van der Waals surface area contributed by atoms with Crippen molar-refractivity contribution in [1.82, 2.24) is 4.72 Å². The zero-order valence-electron chi connectivity index (χ0n) is 18.7. The number of alkyl halides is 3. The van der Waals surface area contributed by atoms with E-state index < -0.39 is 39.4 Å². The van der Waals surface area contributed by atoms with Crippen molar-refractivity contribution in [2.24, 2.45) is 0 Å². The summed E-state index contributed by atoms with van der Waals surface area (Å²) in [7, 11) is -3.00. The van der Waals surface area contributed by atoms with Crippen LogP contribution in [-0.2, 0) is 27.4 Å². The summed E-state index contributed by atoms with van der Waals surface area (Å²) < 4.78 is 74.4. The monoisotopic (exact) mass is 526 g/mol. The van der Waals surface area contributed by atoms with Gasteiger partial charge in [-0.3, -0.25) is 4.79 Å². The number of anilines is 1. The Labute approximate surface area is 206 Å². The maximum Gasteiger partial charge on any atom is 0.418 e. The van der Waals surface area contributed by atoms with Crippen molar-refractivity contribution in [3.63, 3.8) is 0 Å². The number of rotatable bonds is 8. The lowest BCUT2D eigenvalue weighted by atomic mass is 10.1. The number of nitrogens with one attached hydrogen (secondary N) is 2. The van der Waals surface area contributed by atoms with Crippen LogP contribution < -0.4 is 14.8 Å². The highest BCUT2D eigenvalue weighted by Gasteiger charge is 2.35. The van der Waals surface area contributed by atoms with Gasteiger partial charge in [0.2, 0.25) is 15.9 Å². The first-order chi connectivity index (χ1) is 16.4. The summed E-state index contributed by atoms with van der Waals surface area (Å²) in [4.78, 5) is 12.9. The second-order valence-electron chi connectivity index (χ2n) is 7.69. The number of hydrogen-bond acceptors (Lipinski definition) is 4. The fourth-order valence-corrected chi connectivity index (χ4v) is 4.98. The number of sulfonamides is 1. The number of ether oxygens (including phenoxy) is 1. The summed E-state index contributed by atoms with van der Waals surface area (Å²) in [6.07, 6.45) is -4.91. The van der Waals surface area contributed by atoms with Gasteiger partial charge in [0.25, 0.3) is 0 Å². The number of benzene rings is 3. The number of carbonyl (C=O) groups is 1. The minimum atomic E-state index is -4.79. The third kappa shape index (κ3) is 6.74. The van der Waals surface area contributed by atoms with Gasteiger partial charge in [0, 0.05) is 5.02 Å². The number of halogens is 4. The van der Waals surface area contributed by atoms with E-state index in [9.17, 15) is 26.4 Å². The van der Waals surface area contributed by atoms with Gasteiger partial charge in [-0.05, 0) is 54.8 Å². The van der Waals surface area contributed by atoms with Gasteiger partial charge in [-0.25, -0.2) is 8.42 Å². The highest BCUT2D eigenvalue weighted by molar-refractivity contribution is 7.89. The lowest BCUT2D eigenvalue weighted by molar-refractivity contribution is -0.137. The predicted octanol–water partition coefficient (Wildman–Crippen LogP) is 5.20. The van der Waals surface area contributed by atoms with Crippen molar-refractivity contribution in [2.75, 3.05) is 12.4 Å². The minimum absolute atomic E-state index is 0.0547. The lowest BCUT2D eigenvalue weighted by Crippen LogP contribution is -2.45. The highest BCUT2D eigenvalue weighted by atomic mass is 35.5. The molecule has 0 saturated carbocycles. The summed E-state index contributed by atoms with van der Waals surface area (Å²) >= 11 is 5.71. The SMILES string of the molecule is COc1ccc(C)cc1S(=O)(=O)N[C@@H](Cc1ccccc1)C(=O)Nc1ccc(Cl)cc1C(F)(F)F. The molecular weight excluding hydrogens is 505 g/mol. The largest absolute Gasteiger partial charge is 0.495 e. The van der Waals surface area contributed by atoms with Crippen molar-refractivity contribution in [1.29, 1.82) is 0 Å². The van der Waals surface area contributed by atoms with Crippen molar-refractivity contribution in [3.8, 4) is 5.75 Å². The van der Waals surface area contributed by atoms with Crippen LogP contribution in [0.2, 0.25) is 5.02 Å². The number of hydrogen-bond donors (Lipinski definition) is 2. The van der Waals surface area contributed by atoms with E-state index in [0.717, 1.165) is 6.07 Å². The maximum atomic E-state index is 13.5. The highest BCUT2D eigenvalue weighted by Crippen LogP contribution is 2.36. The van der Waals surface area contributed by atoms with E-state index in [1.165, 1.54) is 25.3 Å². The van der Waals surface area contributed by atoms with Crippen LogP contribution in [0.3, 0.4) is 0 Å². The molecule has 0 aliphatic rings. The van der Waals surface area contributed by atoms with Crippen LogP contribution >= 0.6 is 11.6 Å². The molecule has 35 heavy (non-hydrogen) atoms. The van der Waals surface area contributed by atoms with Gasteiger partial charge in [0.1, 0.15) is 16.7 Å². The molecule has 6 nitrogen and oxygen atoms in total. The Hall–Kier alpha value is -3.08. The molecule has 0 aliphatic heterocycles. The van der Waals surface area contributed by atoms with Crippen molar-refractivity contribution >= 4 is 33.2 Å². The molecule has 3 aromatic carbocycles. The first kappa shape index (κ1) is 26.5. The zero-order valence-corrected chi connectivity index (χ0v) is 20.3. The number of carbonyl (C=O) groups excluding carboxylic acids is 1. The Bertz CT molecular complexity index is 1320. The fraction of sp³-hybridized carbons (Fsp3) is 0.208. The predicted molar refractivity (Wildman–Crippen MR) is 127 cm³/mol. The molecule has 0 fully saturated rings. The molecule has 0 spiro atoms. The van der Waals surface area contributed by atoms with Crippen molar-refractivity contribution < 1.29 is 31.1 Å². The smallest absolute Gasteiger partial charge is 0.418 e. The maximum absolute atomic E-state index is 13.5. The second kappa shape index (κ2) is 10.7. The quantitative estimate of drug-likeness (QED) is 0.422. The summed E-state index contributed by atoms with van der Waals surface area (Å²) in [6.45, 7) is 1.69. The van der Waals surface area contributed by atoms with Crippen LogP contribution in [0.25, 0.3) is 0 Å². The zero-order chi connectivity index (χ0) is 25.8. The van der Waals surface area contributed by atoms with Crippen LogP contribution in [0.1, 0.15) is 16.7 Å². The molecule has 2 N–H and O–H groups in total. The molecule has 3 aromatic rings. The average Bonchev–Trinajstić information content (AvgIpc) is 2.79. The van der Waals surface area contributed by atoms with Gasteiger partial charge in [-0.15, -0.1) is 0 Å². The van der Waals surface area contributed by atoms with Crippen LogP contribution in [0, 0.1) is 6.92 Å². The summed E-state index contributed by atoms with van der Waals surface area (Å²) in [5, 5.41) is 2.04. The van der Waals surface area contributed by atoms with Gasteiger partial charge in [0.15, 0.2) is 0 Å². The molecule has 186 valence electrons. The normalized spacial score (nSPS) is 12.7. The van der Waals surface area contributed by atoms with Crippen LogP contribution in [0.15, 0.2) is 71.6 Å². The van der Waals surface area contributed by atoms with Crippen LogP contribution in [0.4, 0.5) is 18.9 Å². The molecule has 1 amide bonds. The molecular formula is C24H22ClF3N2O4S. The van der Waals surface area contributed by atoms with Gasteiger partial charge >= 0.3 is 6.18 Å². The Kier molecular flexibility index (Phi) is 8.09. The summed E-state index contributed by atoms with van der Waals surface area (Å²) in [5.74, 6) is -0.920. The number of aryl methyl sites for hydroxylation is 1.